The predicted octanol–water partition coefficient (Wildman–Crippen LogP) is 1.83. The summed E-state index contributed by atoms with van der Waals surface area (Å²) in [5, 5.41) is 7.14. The molecule has 1 aliphatic heterocycles. The molecule has 0 spiro atoms. The number of piperazine rings is 1. The largest absolute Gasteiger partial charge is 0.357 e. The fourth-order valence-corrected chi connectivity index (χ4v) is 3.72. The molecule has 1 amide bonds. The third-order valence-corrected chi connectivity index (χ3v) is 5.20. The van der Waals surface area contributed by atoms with Gasteiger partial charge in [0.15, 0.2) is 5.96 Å². The minimum absolute atomic E-state index is 0.0910. The van der Waals surface area contributed by atoms with E-state index in [1.165, 1.54) is 11.5 Å². The highest BCUT2D eigenvalue weighted by Gasteiger charge is 2.22. The topological polar surface area (TPSA) is 85.8 Å². The first-order valence-electron chi connectivity index (χ1n) is 9.65. The van der Waals surface area contributed by atoms with Crippen LogP contribution in [-0.2, 0) is 11.2 Å². The van der Waals surface area contributed by atoms with Crippen molar-refractivity contribution >= 4 is 34.2 Å². The second kappa shape index (κ2) is 10.0. The number of carbonyl (C=O) groups excluding carboxylic acids is 1. The molecule has 1 aliphatic rings. The Bertz CT molecular complexity index is 785. The lowest BCUT2D eigenvalue weighted by Crippen LogP contribution is -2.52. The standard InChI is InChI=1S/C19H27N7OS/c1-3-16-23-19(28-24-16)26-12-10-25(11-13-26)18(20-4-2)21-14-17(27)22-15-8-6-5-7-9-15/h5-9H,3-4,10-14H2,1-2H3,(H,20,21)(H,22,27). The summed E-state index contributed by atoms with van der Waals surface area (Å²) in [7, 11) is 0. The maximum atomic E-state index is 12.2. The van der Waals surface area contributed by atoms with Crippen LogP contribution in [0.15, 0.2) is 35.3 Å². The summed E-state index contributed by atoms with van der Waals surface area (Å²) in [5.41, 5.74) is 0.782. The molecule has 0 bridgehead atoms. The molecule has 150 valence electrons. The number of aromatic nitrogens is 2. The molecule has 0 saturated carbocycles. The van der Waals surface area contributed by atoms with E-state index in [4.69, 9.17) is 0 Å². The Labute approximate surface area is 169 Å². The molecule has 0 aliphatic carbocycles. The zero-order chi connectivity index (χ0) is 19.8. The first-order chi connectivity index (χ1) is 13.7. The van der Waals surface area contributed by atoms with Crippen LogP contribution < -0.4 is 15.5 Å². The van der Waals surface area contributed by atoms with E-state index in [0.29, 0.717) is 0 Å². The second-order valence-electron chi connectivity index (χ2n) is 6.41. The van der Waals surface area contributed by atoms with Crippen molar-refractivity contribution in [2.75, 3.05) is 49.5 Å². The molecule has 1 fully saturated rings. The first-order valence-corrected chi connectivity index (χ1v) is 10.4. The number of hydrogen-bond donors (Lipinski definition) is 2. The number of carbonyl (C=O) groups is 1. The molecule has 1 aromatic carbocycles. The Morgan fingerprint density at radius 2 is 1.93 bits per heavy atom. The van der Waals surface area contributed by atoms with Crippen molar-refractivity contribution in [2.24, 2.45) is 4.99 Å². The van der Waals surface area contributed by atoms with Crippen LogP contribution >= 0.6 is 11.5 Å². The molecule has 8 nitrogen and oxygen atoms in total. The molecular weight excluding hydrogens is 374 g/mol. The molecule has 0 atom stereocenters. The number of para-hydroxylation sites is 1. The van der Waals surface area contributed by atoms with Crippen molar-refractivity contribution in [2.45, 2.75) is 20.3 Å². The normalized spacial score (nSPS) is 14.9. The number of rotatable bonds is 6. The molecule has 2 heterocycles. The Morgan fingerprint density at radius 1 is 1.18 bits per heavy atom. The van der Waals surface area contributed by atoms with E-state index in [-0.39, 0.29) is 12.5 Å². The van der Waals surface area contributed by atoms with Gasteiger partial charge in [-0.25, -0.2) is 9.98 Å². The van der Waals surface area contributed by atoms with Crippen LogP contribution in [0.3, 0.4) is 0 Å². The SMILES string of the molecule is CCNC(=NCC(=O)Nc1ccccc1)N1CCN(c2nc(CC)ns2)CC1. The van der Waals surface area contributed by atoms with Gasteiger partial charge in [0.2, 0.25) is 11.0 Å². The number of hydrogen-bond acceptors (Lipinski definition) is 6. The third kappa shape index (κ3) is 5.41. The summed E-state index contributed by atoms with van der Waals surface area (Å²) in [6, 6.07) is 9.43. The quantitative estimate of drug-likeness (QED) is 0.567. The Hall–Kier alpha value is -2.68. The molecule has 2 aromatic rings. The number of benzene rings is 1. The Kier molecular flexibility index (Phi) is 7.18. The fourth-order valence-electron chi connectivity index (χ4n) is 2.92. The van der Waals surface area contributed by atoms with E-state index >= 15 is 0 Å². The van der Waals surface area contributed by atoms with Gasteiger partial charge >= 0.3 is 0 Å². The highest BCUT2D eigenvalue weighted by molar-refractivity contribution is 7.09. The summed E-state index contributed by atoms with van der Waals surface area (Å²) in [4.78, 5) is 25.7. The lowest BCUT2D eigenvalue weighted by atomic mass is 10.3. The van der Waals surface area contributed by atoms with Crippen LogP contribution in [0.25, 0.3) is 0 Å². The lowest BCUT2D eigenvalue weighted by Gasteiger charge is -2.36. The Morgan fingerprint density at radius 3 is 2.57 bits per heavy atom. The van der Waals surface area contributed by atoms with Gasteiger partial charge in [-0.2, -0.15) is 4.37 Å². The van der Waals surface area contributed by atoms with Crippen LogP contribution in [0.4, 0.5) is 10.8 Å². The molecular formula is C19H27N7OS. The first kappa shape index (κ1) is 20.1. The summed E-state index contributed by atoms with van der Waals surface area (Å²) < 4.78 is 4.37. The maximum absolute atomic E-state index is 12.2. The number of anilines is 2. The molecule has 1 saturated heterocycles. The number of guanidine groups is 1. The van der Waals surface area contributed by atoms with Gasteiger partial charge in [0.05, 0.1) is 0 Å². The monoisotopic (exact) mass is 401 g/mol. The minimum Gasteiger partial charge on any atom is -0.357 e. The van der Waals surface area contributed by atoms with Crippen LogP contribution in [0, 0.1) is 0 Å². The molecule has 2 N–H and O–H groups in total. The zero-order valence-corrected chi connectivity index (χ0v) is 17.2. The number of amides is 1. The third-order valence-electron chi connectivity index (χ3n) is 4.39. The van der Waals surface area contributed by atoms with E-state index in [1.54, 1.807) is 0 Å². The van der Waals surface area contributed by atoms with Gasteiger partial charge in [-0.05, 0) is 19.1 Å². The van der Waals surface area contributed by atoms with Crippen molar-refractivity contribution in [3.05, 3.63) is 36.2 Å². The van der Waals surface area contributed by atoms with E-state index in [9.17, 15) is 4.79 Å². The van der Waals surface area contributed by atoms with E-state index in [1.807, 2.05) is 37.3 Å². The summed E-state index contributed by atoms with van der Waals surface area (Å²) >= 11 is 1.46. The maximum Gasteiger partial charge on any atom is 0.246 e. The van der Waals surface area contributed by atoms with Crippen LogP contribution in [0.1, 0.15) is 19.7 Å². The Balaban J connectivity index is 1.55. The van der Waals surface area contributed by atoms with Gasteiger partial charge < -0.3 is 20.4 Å². The van der Waals surface area contributed by atoms with E-state index in [2.05, 4.69) is 41.7 Å². The molecule has 9 heteroatoms. The second-order valence-corrected chi connectivity index (χ2v) is 7.14. The fraction of sp³-hybridized carbons (Fsp3) is 0.474. The average molecular weight is 402 g/mol. The van der Waals surface area contributed by atoms with Crippen LogP contribution in [0.5, 0.6) is 0 Å². The number of aryl methyl sites for hydroxylation is 1. The molecule has 1 aromatic heterocycles. The highest BCUT2D eigenvalue weighted by Crippen LogP contribution is 2.19. The van der Waals surface area contributed by atoms with Crippen molar-refractivity contribution < 1.29 is 4.79 Å². The van der Waals surface area contributed by atoms with Crippen molar-refractivity contribution in [1.82, 2.24) is 19.6 Å². The van der Waals surface area contributed by atoms with Crippen molar-refractivity contribution in [3.8, 4) is 0 Å². The number of aliphatic imine (C=N–C) groups is 1. The van der Waals surface area contributed by atoms with Gasteiger partial charge in [-0.15, -0.1) is 0 Å². The van der Waals surface area contributed by atoms with Crippen LogP contribution in [0.2, 0.25) is 0 Å². The molecule has 3 rings (SSSR count). The number of nitrogens with one attached hydrogen (secondary N) is 2. The smallest absolute Gasteiger partial charge is 0.246 e. The van der Waals surface area contributed by atoms with E-state index < -0.39 is 0 Å². The summed E-state index contributed by atoms with van der Waals surface area (Å²) in [6.45, 7) is 8.32. The van der Waals surface area contributed by atoms with E-state index in [0.717, 1.165) is 61.7 Å². The highest BCUT2D eigenvalue weighted by atomic mass is 32.1. The molecule has 0 radical (unpaired) electrons. The molecule has 0 unspecified atom stereocenters. The molecule has 28 heavy (non-hydrogen) atoms. The summed E-state index contributed by atoms with van der Waals surface area (Å²) in [6.07, 6.45) is 0.860. The van der Waals surface area contributed by atoms with Crippen molar-refractivity contribution in [1.29, 1.82) is 0 Å². The van der Waals surface area contributed by atoms with Crippen molar-refractivity contribution in [3.63, 3.8) is 0 Å². The number of nitrogens with zero attached hydrogens (tertiary/aromatic N) is 5. The average Bonchev–Trinajstić information content (AvgIpc) is 3.21. The lowest BCUT2D eigenvalue weighted by molar-refractivity contribution is -0.114. The van der Waals surface area contributed by atoms with Gasteiger partial charge in [-0.1, -0.05) is 25.1 Å². The predicted molar refractivity (Wildman–Crippen MR) is 114 cm³/mol. The van der Waals surface area contributed by atoms with Gasteiger partial charge in [-0.3, -0.25) is 4.79 Å². The van der Waals surface area contributed by atoms with Gasteiger partial charge in [0, 0.05) is 56.4 Å². The summed E-state index contributed by atoms with van der Waals surface area (Å²) in [5.74, 6) is 1.56. The van der Waals surface area contributed by atoms with Gasteiger partial charge in [0.1, 0.15) is 12.4 Å². The van der Waals surface area contributed by atoms with Gasteiger partial charge in [0.25, 0.3) is 0 Å². The minimum atomic E-state index is -0.124. The van der Waals surface area contributed by atoms with Crippen LogP contribution in [-0.4, -0.2) is 65.4 Å². The zero-order valence-electron chi connectivity index (χ0n) is 16.4.